The number of alkyl halides is 3. The fourth-order valence-electron chi connectivity index (χ4n) is 3.94. The lowest BCUT2D eigenvalue weighted by molar-refractivity contribution is -0.242. The lowest BCUT2D eigenvalue weighted by Crippen LogP contribution is -2.58. The zero-order valence-corrected chi connectivity index (χ0v) is 15.6. The van der Waals surface area contributed by atoms with Crippen LogP contribution in [-0.2, 0) is 14.3 Å². The predicted octanol–water partition coefficient (Wildman–Crippen LogP) is 3.65. The molecule has 0 unspecified atom stereocenters. The maximum Gasteiger partial charge on any atom is 0.416 e. The first kappa shape index (κ1) is 20.2. The van der Waals surface area contributed by atoms with E-state index < -0.39 is 43.5 Å². The molecule has 2 aromatic carbocycles. The van der Waals surface area contributed by atoms with Crippen molar-refractivity contribution in [1.29, 1.82) is 0 Å². The summed E-state index contributed by atoms with van der Waals surface area (Å²) in [5, 5.41) is 9.28. The van der Waals surface area contributed by atoms with Gasteiger partial charge in [-0.3, -0.25) is 4.90 Å². The number of carboxylic acids is 1. The van der Waals surface area contributed by atoms with Gasteiger partial charge in [0, 0.05) is 5.92 Å². The van der Waals surface area contributed by atoms with Gasteiger partial charge in [0.25, 0.3) is 0 Å². The molecular formula is C21H18F3NO5. The van der Waals surface area contributed by atoms with E-state index in [-0.39, 0.29) is 12.5 Å². The highest BCUT2D eigenvalue weighted by atomic mass is 19.4. The molecule has 30 heavy (non-hydrogen) atoms. The number of hydrogen-bond acceptors (Lipinski definition) is 4. The van der Waals surface area contributed by atoms with Gasteiger partial charge in [-0.05, 0) is 22.3 Å². The number of aliphatic carboxylic acids is 1. The summed E-state index contributed by atoms with van der Waals surface area (Å²) in [5.74, 6) is -1.74. The number of hydrogen-bond donors (Lipinski definition) is 1. The summed E-state index contributed by atoms with van der Waals surface area (Å²) in [7, 11) is 0. The van der Waals surface area contributed by atoms with E-state index in [9.17, 15) is 27.9 Å². The third-order valence-corrected chi connectivity index (χ3v) is 5.41. The summed E-state index contributed by atoms with van der Waals surface area (Å²) in [5.41, 5.74) is 3.88. The van der Waals surface area contributed by atoms with Gasteiger partial charge in [-0.25, -0.2) is 9.59 Å². The van der Waals surface area contributed by atoms with Crippen LogP contribution < -0.4 is 0 Å². The standard InChI is InChI=1S/C21H18F3NO5/c22-21(23,24)18-9-25(17(11-29-18)19(26)27)20(28)30-10-16-14-7-3-1-5-12(14)13-6-2-4-8-15(13)16/h1-8,16-18H,9-11H2,(H,26,27)/t17-,18+/m0/s1. The molecule has 2 aromatic rings. The Morgan fingerprint density at radius 3 is 2.17 bits per heavy atom. The summed E-state index contributed by atoms with van der Waals surface area (Å²) in [6.45, 7) is -1.81. The zero-order valence-electron chi connectivity index (χ0n) is 15.6. The Bertz CT molecular complexity index is 932. The quantitative estimate of drug-likeness (QED) is 0.819. The van der Waals surface area contributed by atoms with Gasteiger partial charge in [0.2, 0.25) is 0 Å². The highest BCUT2D eigenvalue weighted by Gasteiger charge is 2.49. The molecule has 4 rings (SSSR count). The number of amides is 1. The molecule has 0 radical (unpaired) electrons. The Kier molecular flexibility index (Phi) is 5.15. The van der Waals surface area contributed by atoms with Crippen molar-refractivity contribution < 1.29 is 37.3 Å². The molecule has 0 spiro atoms. The molecule has 9 heteroatoms. The van der Waals surface area contributed by atoms with Crippen molar-refractivity contribution in [1.82, 2.24) is 4.90 Å². The average Bonchev–Trinajstić information content (AvgIpc) is 3.04. The van der Waals surface area contributed by atoms with Gasteiger partial charge >= 0.3 is 18.2 Å². The van der Waals surface area contributed by atoms with E-state index >= 15 is 0 Å². The Morgan fingerprint density at radius 2 is 1.63 bits per heavy atom. The van der Waals surface area contributed by atoms with Crippen LogP contribution in [0.15, 0.2) is 48.5 Å². The van der Waals surface area contributed by atoms with Gasteiger partial charge in [-0.2, -0.15) is 13.2 Å². The van der Waals surface area contributed by atoms with E-state index in [1.807, 2.05) is 48.5 Å². The Morgan fingerprint density at radius 1 is 1.07 bits per heavy atom. The van der Waals surface area contributed by atoms with Crippen molar-refractivity contribution in [3.63, 3.8) is 0 Å². The maximum absolute atomic E-state index is 13.0. The van der Waals surface area contributed by atoms with Gasteiger partial charge < -0.3 is 14.6 Å². The van der Waals surface area contributed by atoms with Crippen molar-refractivity contribution in [2.24, 2.45) is 0 Å². The minimum atomic E-state index is -4.72. The van der Waals surface area contributed by atoms with Crippen LogP contribution >= 0.6 is 0 Å². The van der Waals surface area contributed by atoms with E-state index in [1.165, 1.54) is 0 Å². The molecule has 1 heterocycles. The zero-order chi connectivity index (χ0) is 21.5. The highest BCUT2D eigenvalue weighted by Crippen LogP contribution is 2.44. The number of ether oxygens (including phenoxy) is 2. The maximum atomic E-state index is 13.0. The molecule has 0 bridgehead atoms. The molecule has 2 aliphatic rings. The van der Waals surface area contributed by atoms with Gasteiger partial charge in [0.1, 0.15) is 6.61 Å². The van der Waals surface area contributed by atoms with Crippen molar-refractivity contribution in [3.8, 4) is 11.1 Å². The molecule has 1 saturated heterocycles. The third kappa shape index (κ3) is 3.60. The van der Waals surface area contributed by atoms with Crippen LogP contribution in [0.1, 0.15) is 17.0 Å². The van der Waals surface area contributed by atoms with Crippen LogP contribution in [0.3, 0.4) is 0 Å². The molecule has 158 valence electrons. The Labute approximate surface area is 169 Å². The fraction of sp³-hybridized carbons (Fsp3) is 0.333. The van der Waals surface area contributed by atoms with E-state index in [1.54, 1.807) is 0 Å². The predicted molar refractivity (Wildman–Crippen MR) is 99.0 cm³/mol. The van der Waals surface area contributed by atoms with Crippen LogP contribution in [0.2, 0.25) is 0 Å². The monoisotopic (exact) mass is 421 g/mol. The summed E-state index contributed by atoms with van der Waals surface area (Å²) in [6.07, 6.45) is -8.08. The Hall–Kier alpha value is -3.07. The van der Waals surface area contributed by atoms with Crippen molar-refractivity contribution in [2.75, 3.05) is 19.8 Å². The second-order valence-corrected chi connectivity index (χ2v) is 7.17. The number of halogens is 3. The minimum absolute atomic E-state index is 0.118. The first-order chi connectivity index (χ1) is 14.3. The Balaban J connectivity index is 1.53. The van der Waals surface area contributed by atoms with Crippen LogP contribution in [0, 0.1) is 0 Å². The van der Waals surface area contributed by atoms with E-state index in [0.717, 1.165) is 22.3 Å². The van der Waals surface area contributed by atoms with Gasteiger partial charge in [-0.15, -0.1) is 0 Å². The molecule has 1 aliphatic carbocycles. The molecule has 0 saturated carbocycles. The van der Waals surface area contributed by atoms with Gasteiger partial charge in [-0.1, -0.05) is 48.5 Å². The second kappa shape index (κ2) is 7.64. The minimum Gasteiger partial charge on any atom is -0.480 e. The smallest absolute Gasteiger partial charge is 0.416 e. The lowest BCUT2D eigenvalue weighted by atomic mass is 9.98. The largest absolute Gasteiger partial charge is 0.480 e. The van der Waals surface area contributed by atoms with Crippen molar-refractivity contribution in [2.45, 2.75) is 24.2 Å². The summed E-state index contributed by atoms with van der Waals surface area (Å²) < 4.78 is 49.0. The molecule has 6 nitrogen and oxygen atoms in total. The number of fused-ring (bicyclic) bond motifs is 3. The van der Waals surface area contributed by atoms with Gasteiger partial charge in [0.05, 0.1) is 13.2 Å². The van der Waals surface area contributed by atoms with Crippen LogP contribution in [0.4, 0.5) is 18.0 Å². The fourth-order valence-corrected chi connectivity index (χ4v) is 3.94. The molecular weight excluding hydrogens is 403 g/mol. The molecule has 0 aromatic heterocycles. The van der Waals surface area contributed by atoms with Crippen LogP contribution in [0.25, 0.3) is 11.1 Å². The number of carbonyl (C=O) groups is 2. The molecule has 1 amide bonds. The summed E-state index contributed by atoms with van der Waals surface area (Å²) in [4.78, 5) is 24.6. The summed E-state index contributed by atoms with van der Waals surface area (Å²) in [6, 6.07) is 13.7. The molecule has 1 N–H and O–H groups in total. The normalized spacial score (nSPS) is 21.1. The van der Waals surface area contributed by atoms with Crippen LogP contribution in [-0.4, -0.2) is 60.1 Å². The van der Waals surface area contributed by atoms with Crippen molar-refractivity contribution >= 4 is 12.1 Å². The number of carboxylic acid groups (broad SMARTS) is 1. The molecule has 2 atom stereocenters. The van der Waals surface area contributed by atoms with E-state index in [4.69, 9.17) is 4.74 Å². The average molecular weight is 421 g/mol. The first-order valence-electron chi connectivity index (χ1n) is 9.30. The van der Waals surface area contributed by atoms with Gasteiger partial charge in [0.15, 0.2) is 12.1 Å². The second-order valence-electron chi connectivity index (χ2n) is 7.17. The molecule has 1 aliphatic heterocycles. The third-order valence-electron chi connectivity index (χ3n) is 5.41. The number of nitrogens with zero attached hydrogens (tertiary/aromatic N) is 1. The topological polar surface area (TPSA) is 76.1 Å². The number of morpholine rings is 1. The number of carbonyl (C=O) groups excluding carboxylic acids is 1. The molecule has 1 fully saturated rings. The van der Waals surface area contributed by atoms with Crippen molar-refractivity contribution in [3.05, 3.63) is 59.7 Å². The van der Waals surface area contributed by atoms with E-state index in [0.29, 0.717) is 4.90 Å². The van der Waals surface area contributed by atoms with Crippen LogP contribution in [0.5, 0.6) is 0 Å². The first-order valence-corrected chi connectivity index (χ1v) is 9.30. The number of rotatable bonds is 3. The lowest BCUT2D eigenvalue weighted by Gasteiger charge is -2.37. The SMILES string of the molecule is O=C(O)[C@@H]1CO[C@@H](C(F)(F)F)CN1C(=O)OCC1c2ccccc2-c2ccccc21. The highest BCUT2D eigenvalue weighted by molar-refractivity contribution is 5.81. The number of benzene rings is 2. The van der Waals surface area contributed by atoms with E-state index in [2.05, 4.69) is 4.74 Å². The summed E-state index contributed by atoms with van der Waals surface area (Å²) >= 11 is 0.